The van der Waals surface area contributed by atoms with Crippen molar-refractivity contribution in [1.29, 1.82) is 0 Å². The van der Waals surface area contributed by atoms with Gasteiger partial charge in [-0.25, -0.2) is 0 Å². The number of carbonyl (C=O) groups is 1. The monoisotopic (exact) mass is 304 g/mol. The van der Waals surface area contributed by atoms with Crippen LogP contribution in [0.1, 0.15) is 58.4 Å². The number of piperidine rings is 1. The van der Waals surface area contributed by atoms with E-state index in [1.807, 2.05) is 45.9 Å². The van der Waals surface area contributed by atoms with E-state index in [9.17, 15) is 4.79 Å². The zero-order chi connectivity index (χ0) is 16.6. The van der Waals surface area contributed by atoms with Crippen LogP contribution in [-0.4, -0.2) is 36.5 Å². The van der Waals surface area contributed by atoms with Gasteiger partial charge in [0.15, 0.2) is 0 Å². The Bertz CT molecular complexity index is 436. The molecule has 0 aromatic heterocycles. The Labute approximate surface area is 136 Å². The van der Waals surface area contributed by atoms with Gasteiger partial charge in [-0.1, -0.05) is 58.0 Å². The third kappa shape index (κ3) is 4.33. The van der Waals surface area contributed by atoms with E-state index in [2.05, 4.69) is 29.4 Å². The summed E-state index contributed by atoms with van der Waals surface area (Å²) in [5.41, 5.74) is 1.22. The molecule has 0 bridgehead atoms. The molecule has 1 aromatic rings. The molecule has 1 aromatic carbocycles. The van der Waals surface area contributed by atoms with Gasteiger partial charge < -0.3 is 10.2 Å². The Morgan fingerprint density at radius 3 is 2.14 bits per heavy atom. The van der Waals surface area contributed by atoms with Crippen LogP contribution in [0.15, 0.2) is 30.3 Å². The van der Waals surface area contributed by atoms with Crippen LogP contribution >= 0.6 is 0 Å². The van der Waals surface area contributed by atoms with Crippen LogP contribution in [0.4, 0.5) is 0 Å². The molecule has 0 saturated carbocycles. The third-order valence-corrected chi connectivity index (χ3v) is 4.45. The average Bonchev–Trinajstić information content (AvgIpc) is 2.92. The zero-order valence-electron chi connectivity index (χ0n) is 14.9. The normalized spacial score (nSPS) is 23.0. The highest BCUT2D eigenvalue weighted by Gasteiger charge is 2.45. The molecule has 1 atom stereocenters. The summed E-state index contributed by atoms with van der Waals surface area (Å²) < 4.78 is 0. The number of nitrogens with one attached hydrogen (secondary N) is 1. The van der Waals surface area contributed by atoms with Gasteiger partial charge in [-0.3, -0.25) is 4.79 Å². The summed E-state index contributed by atoms with van der Waals surface area (Å²) in [7, 11) is 2.15. The molecule has 2 saturated heterocycles. The number of hydrogen-bond acceptors (Lipinski definition) is 2. The molecule has 22 heavy (non-hydrogen) atoms. The van der Waals surface area contributed by atoms with Crippen LogP contribution in [0.5, 0.6) is 0 Å². The lowest BCUT2D eigenvalue weighted by atomic mass is 9.82. The molecular weight excluding hydrogens is 272 g/mol. The fourth-order valence-electron chi connectivity index (χ4n) is 3.21. The summed E-state index contributed by atoms with van der Waals surface area (Å²) in [6.45, 7) is 10.2. The van der Waals surface area contributed by atoms with Crippen LogP contribution in [-0.2, 0) is 4.79 Å². The molecule has 3 nitrogen and oxygen atoms in total. The molecule has 2 fully saturated rings. The molecule has 0 aliphatic carbocycles. The SMILES string of the molecule is CC.CC.CN1CCC2(CC1)CC(c1ccccc1)C(=O)N2. The van der Waals surface area contributed by atoms with Crippen molar-refractivity contribution < 1.29 is 4.79 Å². The predicted molar refractivity (Wildman–Crippen MR) is 94.1 cm³/mol. The molecule has 0 radical (unpaired) electrons. The van der Waals surface area contributed by atoms with Crippen molar-refractivity contribution in [3.8, 4) is 0 Å². The van der Waals surface area contributed by atoms with Crippen LogP contribution in [0.2, 0.25) is 0 Å². The smallest absolute Gasteiger partial charge is 0.228 e. The average molecular weight is 304 g/mol. The lowest BCUT2D eigenvalue weighted by Crippen LogP contribution is -2.49. The second kappa shape index (κ2) is 8.94. The van der Waals surface area contributed by atoms with E-state index in [4.69, 9.17) is 0 Å². The van der Waals surface area contributed by atoms with Gasteiger partial charge in [0, 0.05) is 18.6 Å². The lowest BCUT2D eigenvalue weighted by Gasteiger charge is -2.37. The first kappa shape index (κ1) is 18.7. The Hall–Kier alpha value is -1.35. The molecule has 2 heterocycles. The first-order valence-corrected chi connectivity index (χ1v) is 8.74. The van der Waals surface area contributed by atoms with E-state index in [0.29, 0.717) is 0 Å². The largest absolute Gasteiger partial charge is 0.350 e. The second-order valence-corrected chi connectivity index (χ2v) is 5.74. The standard InChI is InChI=1S/C15H20N2O.2C2H6/c1-17-9-7-15(8-10-17)11-13(14(18)16-15)12-5-3-2-4-6-12;2*1-2/h2-6,13H,7-11H2,1H3,(H,16,18);2*1-2H3. The van der Waals surface area contributed by atoms with E-state index < -0.39 is 0 Å². The second-order valence-electron chi connectivity index (χ2n) is 5.74. The van der Waals surface area contributed by atoms with Crippen LogP contribution in [0, 0.1) is 0 Å². The van der Waals surface area contributed by atoms with Crippen LogP contribution < -0.4 is 5.32 Å². The molecule has 3 heteroatoms. The maximum Gasteiger partial charge on any atom is 0.228 e. The fourth-order valence-corrected chi connectivity index (χ4v) is 3.21. The number of carbonyl (C=O) groups excluding carboxylic acids is 1. The van der Waals surface area contributed by atoms with Gasteiger partial charge in [-0.2, -0.15) is 0 Å². The lowest BCUT2D eigenvalue weighted by molar-refractivity contribution is -0.121. The minimum Gasteiger partial charge on any atom is -0.350 e. The van der Waals surface area contributed by atoms with Crippen LogP contribution in [0.3, 0.4) is 0 Å². The summed E-state index contributed by atoms with van der Waals surface area (Å²) in [5.74, 6) is 0.264. The quantitative estimate of drug-likeness (QED) is 0.855. The van der Waals surface area contributed by atoms with Gasteiger partial charge in [0.25, 0.3) is 0 Å². The number of amides is 1. The predicted octanol–water partition coefficient (Wildman–Crippen LogP) is 3.81. The van der Waals surface area contributed by atoms with Crippen molar-refractivity contribution in [2.75, 3.05) is 20.1 Å². The van der Waals surface area contributed by atoms with Gasteiger partial charge in [-0.15, -0.1) is 0 Å². The topological polar surface area (TPSA) is 32.3 Å². The Morgan fingerprint density at radius 1 is 1.05 bits per heavy atom. The Balaban J connectivity index is 0.000000561. The van der Waals surface area contributed by atoms with E-state index >= 15 is 0 Å². The van der Waals surface area contributed by atoms with Gasteiger partial charge in [0.1, 0.15) is 0 Å². The van der Waals surface area contributed by atoms with Crippen molar-refractivity contribution in [2.45, 2.75) is 58.4 Å². The molecule has 1 spiro atoms. The zero-order valence-corrected chi connectivity index (χ0v) is 14.9. The molecule has 3 rings (SSSR count). The molecule has 2 aliphatic rings. The highest BCUT2D eigenvalue weighted by atomic mass is 16.2. The minimum atomic E-state index is 0.0506. The van der Waals surface area contributed by atoms with Crippen molar-refractivity contribution in [2.24, 2.45) is 0 Å². The van der Waals surface area contributed by atoms with Crippen molar-refractivity contribution in [3.05, 3.63) is 35.9 Å². The van der Waals surface area contributed by atoms with Crippen molar-refractivity contribution in [3.63, 3.8) is 0 Å². The third-order valence-electron chi connectivity index (χ3n) is 4.45. The van der Waals surface area contributed by atoms with E-state index in [-0.39, 0.29) is 17.4 Å². The number of nitrogens with zero attached hydrogens (tertiary/aromatic N) is 1. The Morgan fingerprint density at radius 2 is 1.59 bits per heavy atom. The van der Waals surface area contributed by atoms with Crippen molar-refractivity contribution in [1.82, 2.24) is 10.2 Å². The number of likely N-dealkylation sites (tertiary alicyclic amines) is 1. The summed E-state index contributed by atoms with van der Waals surface area (Å²) in [6, 6.07) is 10.2. The van der Waals surface area contributed by atoms with Gasteiger partial charge in [-0.05, 0) is 31.9 Å². The number of rotatable bonds is 1. The molecule has 1 unspecified atom stereocenters. The molecule has 1 amide bonds. The Kier molecular flexibility index (Phi) is 7.60. The summed E-state index contributed by atoms with van der Waals surface area (Å²) >= 11 is 0. The highest BCUT2D eigenvalue weighted by molar-refractivity contribution is 5.87. The summed E-state index contributed by atoms with van der Waals surface area (Å²) in [4.78, 5) is 14.5. The maximum atomic E-state index is 12.2. The summed E-state index contributed by atoms with van der Waals surface area (Å²) in [6.07, 6.45) is 3.13. The number of benzene rings is 1. The molecule has 2 aliphatic heterocycles. The highest BCUT2D eigenvalue weighted by Crippen LogP contribution is 2.38. The van der Waals surface area contributed by atoms with Gasteiger partial charge >= 0.3 is 0 Å². The molecular formula is C19H32N2O. The maximum absolute atomic E-state index is 12.2. The minimum absolute atomic E-state index is 0.0506. The number of hydrogen-bond donors (Lipinski definition) is 1. The van der Waals surface area contributed by atoms with E-state index in [1.54, 1.807) is 0 Å². The van der Waals surface area contributed by atoms with Crippen LogP contribution in [0.25, 0.3) is 0 Å². The van der Waals surface area contributed by atoms with Crippen molar-refractivity contribution >= 4 is 5.91 Å². The van der Waals surface area contributed by atoms with Gasteiger partial charge in [0.05, 0.1) is 5.92 Å². The van der Waals surface area contributed by atoms with E-state index in [0.717, 1.165) is 37.9 Å². The first-order chi connectivity index (χ1) is 10.7. The fraction of sp³-hybridized carbons (Fsp3) is 0.632. The molecule has 124 valence electrons. The first-order valence-electron chi connectivity index (χ1n) is 8.74. The summed E-state index contributed by atoms with van der Waals surface area (Å²) in [5, 5.41) is 3.27. The van der Waals surface area contributed by atoms with Gasteiger partial charge in [0.2, 0.25) is 5.91 Å². The van der Waals surface area contributed by atoms with E-state index in [1.165, 1.54) is 0 Å². The molecule has 1 N–H and O–H groups in total.